The smallest absolute Gasteiger partial charge is 0.121 e. The third-order valence-corrected chi connectivity index (χ3v) is 2.85. The summed E-state index contributed by atoms with van der Waals surface area (Å²) >= 11 is 0. The first-order chi connectivity index (χ1) is 8.19. The maximum absolute atomic E-state index is 5.67. The minimum atomic E-state index is 0.805. The van der Waals surface area contributed by atoms with E-state index < -0.39 is 0 Å². The Kier molecular flexibility index (Phi) is 3.33. The maximum Gasteiger partial charge on any atom is 0.121 e. The first kappa shape index (κ1) is 11.5. The maximum atomic E-state index is 5.67. The predicted octanol–water partition coefficient (Wildman–Crippen LogP) is 3.18. The molecule has 0 bridgehead atoms. The molecule has 0 saturated carbocycles. The van der Waals surface area contributed by atoms with Crippen LogP contribution in [0.4, 0.5) is 5.69 Å². The van der Waals surface area contributed by atoms with E-state index in [0.717, 1.165) is 17.9 Å². The van der Waals surface area contributed by atoms with Crippen LogP contribution in [0.3, 0.4) is 0 Å². The summed E-state index contributed by atoms with van der Waals surface area (Å²) in [5.74, 6) is 0.936. The molecular weight excluding hydrogens is 210 g/mol. The molecule has 0 atom stereocenters. The Morgan fingerprint density at radius 3 is 2.24 bits per heavy atom. The summed E-state index contributed by atoms with van der Waals surface area (Å²) in [6.45, 7) is 2.06. The molecule has 0 amide bonds. The summed E-state index contributed by atoms with van der Waals surface area (Å²) in [5, 5.41) is 0. The van der Waals surface area contributed by atoms with Gasteiger partial charge in [0.1, 0.15) is 5.75 Å². The summed E-state index contributed by atoms with van der Waals surface area (Å²) in [5.41, 5.74) is 10.2. The van der Waals surface area contributed by atoms with E-state index in [4.69, 9.17) is 10.5 Å². The standard InChI is InChI=1S/C15H17NO/c1-11-9-13(5-8-15(11)17-2)10-12-3-6-14(16)7-4-12/h3-9H,10,16H2,1-2H3. The van der Waals surface area contributed by atoms with Gasteiger partial charge in [0.05, 0.1) is 7.11 Å². The second-order valence-corrected chi connectivity index (χ2v) is 4.22. The number of hydrogen-bond donors (Lipinski definition) is 1. The van der Waals surface area contributed by atoms with E-state index in [2.05, 4.69) is 31.2 Å². The fourth-order valence-electron chi connectivity index (χ4n) is 1.92. The Hall–Kier alpha value is -1.96. The first-order valence-electron chi connectivity index (χ1n) is 5.67. The highest BCUT2D eigenvalue weighted by molar-refractivity contribution is 5.42. The average Bonchev–Trinajstić information content (AvgIpc) is 2.32. The number of methoxy groups -OCH3 is 1. The van der Waals surface area contributed by atoms with Crippen molar-refractivity contribution in [3.63, 3.8) is 0 Å². The molecule has 2 aromatic rings. The summed E-state index contributed by atoms with van der Waals surface area (Å²) < 4.78 is 5.25. The Morgan fingerprint density at radius 1 is 1.00 bits per heavy atom. The van der Waals surface area contributed by atoms with Gasteiger partial charge in [0, 0.05) is 5.69 Å². The fraction of sp³-hybridized carbons (Fsp3) is 0.200. The fourth-order valence-corrected chi connectivity index (χ4v) is 1.92. The lowest BCUT2D eigenvalue weighted by molar-refractivity contribution is 0.411. The molecule has 17 heavy (non-hydrogen) atoms. The lowest BCUT2D eigenvalue weighted by Gasteiger charge is -2.07. The van der Waals surface area contributed by atoms with Gasteiger partial charge < -0.3 is 10.5 Å². The van der Waals surface area contributed by atoms with Crippen molar-refractivity contribution in [3.05, 3.63) is 59.2 Å². The summed E-state index contributed by atoms with van der Waals surface area (Å²) in [7, 11) is 1.70. The van der Waals surface area contributed by atoms with Crippen LogP contribution in [0.15, 0.2) is 42.5 Å². The third kappa shape index (κ3) is 2.78. The quantitative estimate of drug-likeness (QED) is 0.817. The van der Waals surface area contributed by atoms with Crippen molar-refractivity contribution in [2.45, 2.75) is 13.3 Å². The number of nitrogens with two attached hydrogens (primary N) is 1. The van der Waals surface area contributed by atoms with Crippen LogP contribution in [0.1, 0.15) is 16.7 Å². The molecule has 2 N–H and O–H groups in total. The largest absolute Gasteiger partial charge is 0.496 e. The molecule has 88 valence electrons. The van der Waals surface area contributed by atoms with Crippen LogP contribution in [-0.2, 0) is 6.42 Å². The van der Waals surface area contributed by atoms with Crippen molar-refractivity contribution in [2.24, 2.45) is 0 Å². The molecule has 0 spiro atoms. The predicted molar refractivity (Wildman–Crippen MR) is 71.4 cm³/mol. The van der Waals surface area contributed by atoms with Crippen molar-refractivity contribution in [1.29, 1.82) is 0 Å². The van der Waals surface area contributed by atoms with E-state index in [1.54, 1.807) is 7.11 Å². The Balaban J connectivity index is 2.19. The number of rotatable bonds is 3. The minimum Gasteiger partial charge on any atom is -0.496 e. The Bertz CT molecular complexity index is 503. The molecule has 0 fully saturated rings. The van der Waals surface area contributed by atoms with E-state index in [-0.39, 0.29) is 0 Å². The molecule has 2 aromatic carbocycles. The molecule has 0 heterocycles. The van der Waals surface area contributed by atoms with Gasteiger partial charge in [-0.15, -0.1) is 0 Å². The molecule has 2 rings (SSSR count). The average molecular weight is 227 g/mol. The number of nitrogen functional groups attached to an aromatic ring is 1. The third-order valence-electron chi connectivity index (χ3n) is 2.85. The zero-order valence-electron chi connectivity index (χ0n) is 10.2. The van der Waals surface area contributed by atoms with Gasteiger partial charge in [0.2, 0.25) is 0 Å². The van der Waals surface area contributed by atoms with Crippen molar-refractivity contribution < 1.29 is 4.74 Å². The molecule has 0 aliphatic carbocycles. The van der Waals surface area contributed by atoms with Gasteiger partial charge in [-0.1, -0.05) is 24.3 Å². The topological polar surface area (TPSA) is 35.2 Å². The van der Waals surface area contributed by atoms with Crippen LogP contribution >= 0.6 is 0 Å². The normalized spacial score (nSPS) is 10.2. The highest BCUT2D eigenvalue weighted by Crippen LogP contribution is 2.20. The van der Waals surface area contributed by atoms with Gasteiger partial charge in [0.25, 0.3) is 0 Å². The van der Waals surface area contributed by atoms with Crippen molar-refractivity contribution in [1.82, 2.24) is 0 Å². The highest BCUT2D eigenvalue weighted by atomic mass is 16.5. The van der Waals surface area contributed by atoms with E-state index in [0.29, 0.717) is 0 Å². The number of benzene rings is 2. The molecule has 2 nitrogen and oxygen atoms in total. The van der Waals surface area contributed by atoms with E-state index >= 15 is 0 Å². The summed E-state index contributed by atoms with van der Waals surface area (Å²) in [6, 6.07) is 14.3. The van der Waals surface area contributed by atoms with Crippen LogP contribution < -0.4 is 10.5 Å². The zero-order valence-corrected chi connectivity index (χ0v) is 10.2. The van der Waals surface area contributed by atoms with Crippen LogP contribution in [0.2, 0.25) is 0 Å². The van der Waals surface area contributed by atoms with Gasteiger partial charge in [-0.05, 0) is 48.2 Å². The second kappa shape index (κ2) is 4.91. The van der Waals surface area contributed by atoms with Crippen LogP contribution in [-0.4, -0.2) is 7.11 Å². The van der Waals surface area contributed by atoms with Crippen molar-refractivity contribution in [2.75, 3.05) is 12.8 Å². The monoisotopic (exact) mass is 227 g/mol. The molecule has 0 radical (unpaired) electrons. The van der Waals surface area contributed by atoms with Gasteiger partial charge in [0.15, 0.2) is 0 Å². The molecule has 0 saturated heterocycles. The van der Waals surface area contributed by atoms with E-state index in [1.165, 1.54) is 16.7 Å². The lowest BCUT2D eigenvalue weighted by atomic mass is 10.0. The van der Waals surface area contributed by atoms with E-state index in [9.17, 15) is 0 Å². The minimum absolute atomic E-state index is 0.805. The number of aryl methyl sites for hydroxylation is 1. The molecule has 2 heteroatoms. The lowest BCUT2D eigenvalue weighted by Crippen LogP contribution is -1.92. The molecule has 0 unspecified atom stereocenters. The summed E-state index contributed by atoms with van der Waals surface area (Å²) in [4.78, 5) is 0. The first-order valence-corrected chi connectivity index (χ1v) is 5.67. The Labute approximate surface area is 102 Å². The van der Waals surface area contributed by atoms with Crippen LogP contribution in [0.25, 0.3) is 0 Å². The molecule has 0 aliphatic rings. The second-order valence-electron chi connectivity index (χ2n) is 4.22. The van der Waals surface area contributed by atoms with Gasteiger partial charge in [-0.3, -0.25) is 0 Å². The number of ether oxygens (including phenoxy) is 1. The van der Waals surface area contributed by atoms with Crippen LogP contribution in [0, 0.1) is 6.92 Å². The highest BCUT2D eigenvalue weighted by Gasteiger charge is 2.01. The molecule has 0 aromatic heterocycles. The molecule has 0 aliphatic heterocycles. The Morgan fingerprint density at radius 2 is 1.65 bits per heavy atom. The zero-order chi connectivity index (χ0) is 12.3. The summed E-state index contributed by atoms with van der Waals surface area (Å²) in [6.07, 6.45) is 0.922. The molecular formula is C15H17NO. The van der Waals surface area contributed by atoms with Gasteiger partial charge in [-0.25, -0.2) is 0 Å². The number of anilines is 1. The van der Waals surface area contributed by atoms with Crippen LogP contribution in [0.5, 0.6) is 5.75 Å². The van der Waals surface area contributed by atoms with Crippen molar-refractivity contribution in [3.8, 4) is 5.75 Å². The van der Waals surface area contributed by atoms with Crippen molar-refractivity contribution >= 4 is 5.69 Å². The van der Waals surface area contributed by atoms with Gasteiger partial charge in [-0.2, -0.15) is 0 Å². The van der Waals surface area contributed by atoms with E-state index in [1.807, 2.05) is 18.2 Å². The SMILES string of the molecule is COc1ccc(Cc2ccc(N)cc2)cc1C. The number of hydrogen-bond acceptors (Lipinski definition) is 2. The van der Waals surface area contributed by atoms with Gasteiger partial charge >= 0.3 is 0 Å².